The second kappa shape index (κ2) is 9.05. The van der Waals surface area contributed by atoms with Crippen LogP contribution in [-0.2, 0) is 0 Å². The van der Waals surface area contributed by atoms with Crippen LogP contribution in [0.25, 0.3) is 22.4 Å². The van der Waals surface area contributed by atoms with Gasteiger partial charge in [-0.1, -0.05) is 48.0 Å². The molecule has 1 aliphatic rings. The first-order valence-corrected chi connectivity index (χ1v) is 11.4. The van der Waals surface area contributed by atoms with E-state index in [9.17, 15) is 0 Å². The van der Waals surface area contributed by atoms with Crippen molar-refractivity contribution in [2.45, 2.75) is 13.8 Å². The summed E-state index contributed by atoms with van der Waals surface area (Å²) < 4.78 is 5.94. The van der Waals surface area contributed by atoms with Crippen LogP contribution in [0.15, 0.2) is 66.7 Å². The summed E-state index contributed by atoms with van der Waals surface area (Å²) in [5.74, 6) is 1.89. The molecule has 3 aromatic carbocycles. The Morgan fingerprint density at radius 2 is 1.66 bits per heavy atom. The van der Waals surface area contributed by atoms with Crippen molar-refractivity contribution in [3.05, 3.63) is 77.9 Å². The summed E-state index contributed by atoms with van der Waals surface area (Å²) >= 11 is 0. The van der Waals surface area contributed by atoms with Crippen LogP contribution >= 0.6 is 0 Å². The minimum absolute atomic E-state index is 0.721. The van der Waals surface area contributed by atoms with E-state index in [4.69, 9.17) is 9.72 Å². The number of nitrogens with one attached hydrogen (secondary N) is 1. The van der Waals surface area contributed by atoms with Crippen molar-refractivity contribution in [3.63, 3.8) is 0 Å². The van der Waals surface area contributed by atoms with Gasteiger partial charge in [-0.05, 0) is 43.7 Å². The first-order chi connectivity index (χ1) is 15.7. The van der Waals surface area contributed by atoms with Crippen LogP contribution in [0.2, 0.25) is 0 Å². The number of para-hydroxylation sites is 1. The van der Waals surface area contributed by atoms with E-state index in [-0.39, 0.29) is 0 Å². The predicted octanol–water partition coefficient (Wildman–Crippen LogP) is 5.05. The highest BCUT2D eigenvalue weighted by molar-refractivity contribution is 5.91. The Labute approximate surface area is 189 Å². The number of aromatic amines is 1. The van der Waals surface area contributed by atoms with Crippen LogP contribution in [0.3, 0.4) is 0 Å². The lowest BCUT2D eigenvalue weighted by Gasteiger charge is -2.36. The number of ether oxygens (including phenoxy) is 1. The number of benzene rings is 3. The smallest absolute Gasteiger partial charge is 0.138 e. The lowest BCUT2D eigenvalue weighted by atomic mass is 10.1. The first-order valence-electron chi connectivity index (χ1n) is 11.4. The molecule has 1 N–H and O–H groups in total. The number of imidazole rings is 1. The first kappa shape index (κ1) is 20.6. The molecule has 4 aromatic rings. The number of rotatable bonds is 6. The Balaban J connectivity index is 1.22. The zero-order valence-electron chi connectivity index (χ0n) is 18.8. The van der Waals surface area contributed by atoms with Crippen molar-refractivity contribution in [3.8, 4) is 17.1 Å². The third kappa shape index (κ3) is 4.48. The second-order valence-corrected chi connectivity index (χ2v) is 8.62. The van der Waals surface area contributed by atoms with Gasteiger partial charge in [0.05, 0.1) is 11.2 Å². The van der Waals surface area contributed by atoms with E-state index < -0.39 is 0 Å². The molecule has 164 valence electrons. The van der Waals surface area contributed by atoms with Crippen molar-refractivity contribution >= 4 is 16.7 Å². The molecule has 0 radical (unpaired) electrons. The van der Waals surface area contributed by atoms with Gasteiger partial charge in [-0.2, -0.15) is 0 Å². The predicted molar refractivity (Wildman–Crippen MR) is 132 cm³/mol. The van der Waals surface area contributed by atoms with E-state index in [1.54, 1.807) is 0 Å². The lowest BCUT2D eigenvalue weighted by Crippen LogP contribution is -2.47. The molecule has 0 amide bonds. The molecule has 1 aliphatic heterocycles. The van der Waals surface area contributed by atoms with Crippen LogP contribution in [0.1, 0.15) is 11.1 Å². The molecule has 5 nitrogen and oxygen atoms in total. The molecule has 1 aromatic heterocycles. The SMILES string of the molecule is Cc1ccc(-c2nc3c(N4CCN(CCOc5cccc(C)c5)CC4)cccc3[nH]2)cc1. The average molecular weight is 427 g/mol. The maximum atomic E-state index is 5.94. The van der Waals surface area contributed by atoms with Crippen molar-refractivity contribution in [1.82, 2.24) is 14.9 Å². The molecule has 0 spiro atoms. The fourth-order valence-corrected chi connectivity index (χ4v) is 4.33. The Kier molecular flexibility index (Phi) is 5.82. The number of fused-ring (bicyclic) bond motifs is 1. The van der Waals surface area contributed by atoms with E-state index >= 15 is 0 Å². The molecule has 0 aliphatic carbocycles. The zero-order valence-corrected chi connectivity index (χ0v) is 18.8. The second-order valence-electron chi connectivity index (χ2n) is 8.62. The molecular formula is C27H30N4O. The molecular weight excluding hydrogens is 396 g/mol. The normalized spacial score (nSPS) is 14.8. The third-order valence-corrected chi connectivity index (χ3v) is 6.20. The summed E-state index contributed by atoms with van der Waals surface area (Å²) in [6, 6.07) is 23.2. The molecule has 2 heterocycles. The highest BCUT2D eigenvalue weighted by Gasteiger charge is 2.20. The summed E-state index contributed by atoms with van der Waals surface area (Å²) in [7, 11) is 0. The van der Waals surface area contributed by atoms with Gasteiger partial charge < -0.3 is 14.6 Å². The summed E-state index contributed by atoms with van der Waals surface area (Å²) in [5.41, 5.74) is 6.97. The van der Waals surface area contributed by atoms with Crippen LogP contribution in [0, 0.1) is 13.8 Å². The average Bonchev–Trinajstić information content (AvgIpc) is 3.25. The van der Waals surface area contributed by atoms with Crippen LogP contribution in [0.4, 0.5) is 5.69 Å². The standard InChI is InChI=1S/C27H30N4O/c1-20-9-11-22(12-10-20)27-28-24-7-4-8-25(26(24)29-27)31-15-13-30(14-16-31)17-18-32-23-6-3-5-21(2)19-23/h3-12,19H,13-18H2,1-2H3,(H,28,29). The quantitative estimate of drug-likeness (QED) is 0.469. The zero-order chi connectivity index (χ0) is 21.9. The number of anilines is 1. The van der Waals surface area contributed by atoms with Gasteiger partial charge in [-0.15, -0.1) is 0 Å². The fraction of sp³-hybridized carbons (Fsp3) is 0.296. The highest BCUT2D eigenvalue weighted by atomic mass is 16.5. The number of H-pyrrole nitrogens is 1. The molecule has 0 unspecified atom stereocenters. The Morgan fingerprint density at radius 3 is 2.44 bits per heavy atom. The van der Waals surface area contributed by atoms with Crippen molar-refractivity contribution in [1.29, 1.82) is 0 Å². The summed E-state index contributed by atoms with van der Waals surface area (Å²) in [5, 5.41) is 0. The number of hydrogen-bond acceptors (Lipinski definition) is 4. The largest absolute Gasteiger partial charge is 0.492 e. The molecule has 5 heteroatoms. The summed E-state index contributed by atoms with van der Waals surface area (Å²) in [4.78, 5) is 13.4. The number of hydrogen-bond donors (Lipinski definition) is 1. The molecule has 0 bridgehead atoms. The van der Waals surface area contributed by atoms with Crippen molar-refractivity contribution in [2.24, 2.45) is 0 Å². The van der Waals surface area contributed by atoms with E-state index in [2.05, 4.69) is 83.2 Å². The lowest BCUT2D eigenvalue weighted by molar-refractivity contribution is 0.200. The van der Waals surface area contributed by atoms with E-state index in [0.29, 0.717) is 0 Å². The van der Waals surface area contributed by atoms with Crippen LogP contribution in [-0.4, -0.2) is 54.2 Å². The number of aryl methyl sites for hydroxylation is 2. The Morgan fingerprint density at radius 1 is 0.875 bits per heavy atom. The van der Waals surface area contributed by atoms with Gasteiger partial charge in [-0.3, -0.25) is 4.90 Å². The van der Waals surface area contributed by atoms with Gasteiger partial charge in [0.1, 0.15) is 23.7 Å². The molecule has 0 saturated carbocycles. The van der Waals surface area contributed by atoms with E-state index in [0.717, 1.165) is 67.5 Å². The number of nitrogens with zero attached hydrogens (tertiary/aromatic N) is 3. The molecule has 32 heavy (non-hydrogen) atoms. The van der Waals surface area contributed by atoms with Gasteiger partial charge in [0.15, 0.2) is 0 Å². The maximum Gasteiger partial charge on any atom is 0.138 e. The molecule has 1 saturated heterocycles. The van der Waals surface area contributed by atoms with Crippen LogP contribution in [0.5, 0.6) is 5.75 Å². The summed E-state index contributed by atoms with van der Waals surface area (Å²) in [6.07, 6.45) is 0. The Bertz CT molecular complexity index is 1190. The summed E-state index contributed by atoms with van der Waals surface area (Å²) in [6.45, 7) is 9.92. The number of aromatic nitrogens is 2. The molecule has 1 fully saturated rings. The minimum Gasteiger partial charge on any atom is -0.492 e. The minimum atomic E-state index is 0.721. The monoisotopic (exact) mass is 426 g/mol. The van der Waals surface area contributed by atoms with Gasteiger partial charge in [0.25, 0.3) is 0 Å². The van der Waals surface area contributed by atoms with Gasteiger partial charge >= 0.3 is 0 Å². The van der Waals surface area contributed by atoms with Crippen molar-refractivity contribution in [2.75, 3.05) is 44.2 Å². The van der Waals surface area contributed by atoms with E-state index in [1.807, 2.05) is 12.1 Å². The maximum absolute atomic E-state index is 5.94. The fourth-order valence-electron chi connectivity index (χ4n) is 4.33. The highest BCUT2D eigenvalue weighted by Crippen LogP contribution is 2.29. The Hall–Kier alpha value is -3.31. The topological polar surface area (TPSA) is 44.4 Å². The van der Waals surface area contributed by atoms with E-state index in [1.165, 1.54) is 16.8 Å². The number of piperazine rings is 1. The molecule has 0 atom stereocenters. The van der Waals surface area contributed by atoms with Gasteiger partial charge in [-0.25, -0.2) is 4.98 Å². The molecule has 5 rings (SSSR count). The third-order valence-electron chi connectivity index (χ3n) is 6.20. The van der Waals surface area contributed by atoms with Crippen molar-refractivity contribution < 1.29 is 4.74 Å². The van der Waals surface area contributed by atoms with Crippen LogP contribution < -0.4 is 9.64 Å². The van der Waals surface area contributed by atoms with Gasteiger partial charge in [0, 0.05) is 38.3 Å². The van der Waals surface area contributed by atoms with Gasteiger partial charge in [0.2, 0.25) is 0 Å².